The minimum Gasteiger partial charge on any atom is -0.376 e. The van der Waals surface area contributed by atoms with Crippen LogP contribution in [0.1, 0.15) is 48.8 Å². The molecule has 1 aliphatic rings. The summed E-state index contributed by atoms with van der Waals surface area (Å²) in [5.74, 6) is 0.435. The summed E-state index contributed by atoms with van der Waals surface area (Å²) in [5, 5.41) is 0. The van der Waals surface area contributed by atoms with E-state index < -0.39 is 33.4 Å². The molecule has 10 heteroatoms. The molecule has 176 valence electrons. The Kier molecular flexibility index (Phi) is 7.79. The lowest BCUT2D eigenvalue weighted by atomic mass is 9.83. The van der Waals surface area contributed by atoms with Crippen molar-refractivity contribution in [3.05, 3.63) is 70.1 Å². The quantitative estimate of drug-likeness (QED) is 0.636. The third-order valence-electron chi connectivity index (χ3n) is 5.72. The van der Waals surface area contributed by atoms with E-state index in [1.807, 2.05) is 18.2 Å². The van der Waals surface area contributed by atoms with E-state index >= 15 is 0 Å². The number of hydrogen-bond acceptors (Lipinski definition) is 4. The van der Waals surface area contributed by atoms with Crippen molar-refractivity contribution >= 4 is 10.0 Å². The molecule has 0 bridgehead atoms. The summed E-state index contributed by atoms with van der Waals surface area (Å²) in [4.78, 5) is 12.4. The number of ether oxygens (including phenoxy) is 1. The number of halogens is 3. The van der Waals surface area contributed by atoms with Crippen molar-refractivity contribution in [2.75, 3.05) is 19.4 Å². The van der Waals surface area contributed by atoms with Crippen LogP contribution in [0.15, 0.2) is 53.5 Å². The number of nitrogens with zero attached hydrogens (tertiary/aromatic N) is 1. The normalized spacial score (nSPS) is 20.8. The first-order valence-corrected chi connectivity index (χ1v) is 12.3. The standard InChI is InChI=1S/C22H27F3N2O4S/c1-32(29,30)26-14-18(27-13-5-8-20(21(27)28)22(23,24)25)15-31-19-11-9-17(10-12-19)16-6-3-2-4-7-16/h2-8,13,17-19,26H,9-12,14-15H2,1H3/t17-,18?,19+. The van der Waals surface area contributed by atoms with Crippen LogP contribution in [0.2, 0.25) is 0 Å². The van der Waals surface area contributed by atoms with Crippen LogP contribution in [0.25, 0.3) is 0 Å². The predicted molar refractivity (Wildman–Crippen MR) is 115 cm³/mol. The number of pyridine rings is 1. The van der Waals surface area contributed by atoms with Crippen LogP contribution < -0.4 is 10.3 Å². The zero-order valence-corrected chi connectivity index (χ0v) is 18.5. The molecule has 1 atom stereocenters. The first-order valence-electron chi connectivity index (χ1n) is 10.4. The van der Waals surface area contributed by atoms with E-state index in [0.717, 1.165) is 42.6 Å². The van der Waals surface area contributed by atoms with E-state index in [0.29, 0.717) is 12.0 Å². The minimum atomic E-state index is -4.80. The molecular weight excluding hydrogens is 445 g/mol. The van der Waals surface area contributed by atoms with E-state index in [2.05, 4.69) is 16.9 Å². The highest BCUT2D eigenvalue weighted by molar-refractivity contribution is 7.88. The van der Waals surface area contributed by atoms with E-state index in [-0.39, 0.29) is 19.3 Å². The Morgan fingerprint density at radius 1 is 1.09 bits per heavy atom. The fourth-order valence-corrected chi connectivity index (χ4v) is 4.53. The van der Waals surface area contributed by atoms with Crippen LogP contribution in [0, 0.1) is 0 Å². The van der Waals surface area contributed by atoms with E-state index in [9.17, 15) is 26.4 Å². The molecule has 0 radical (unpaired) electrons. The SMILES string of the molecule is CS(=O)(=O)NCC(CO[C@H]1CC[C@@H](c2ccccc2)CC1)n1cccc(C(F)(F)F)c1=O. The molecule has 0 spiro atoms. The van der Waals surface area contributed by atoms with Crippen molar-refractivity contribution in [1.29, 1.82) is 0 Å². The molecule has 32 heavy (non-hydrogen) atoms. The van der Waals surface area contributed by atoms with E-state index in [4.69, 9.17) is 4.74 Å². The van der Waals surface area contributed by atoms with Crippen molar-refractivity contribution in [2.24, 2.45) is 0 Å². The van der Waals surface area contributed by atoms with Crippen molar-refractivity contribution < 1.29 is 26.3 Å². The average molecular weight is 473 g/mol. The van der Waals surface area contributed by atoms with Gasteiger partial charge in [-0.15, -0.1) is 0 Å². The second-order valence-electron chi connectivity index (χ2n) is 8.12. The van der Waals surface area contributed by atoms with Gasteiger partial charge >= 0.3 is 6.18 Å². The van der Waals surface area contributed by atoms with Gasteiger partial charge in [-0.3, -0.25) is 4.79 Å². The zero-order chi connectivity index (χ0) is 23.4. The van der Waals surface area contributed by atoms with E-state index in [1.165, 1.54) is 11.8 Å². The van der Waals surface area contributed by atoms with Gasteiger partial charge in [-0.05, 0) is 49.3 Å². The topological polar surface area (TPSA) is 77.4 Å². The maximum absolute atomic E-state index is 13.2. The molecular formula is C22H27F3N2O4S. The number of benzene rings is 1. The van der Waals surface area contributed by atoms with Crippen LogP contribution in [-0.4, -0.2) is 38.5 Å². The lowest BCUT2D eigenvalue weighted by Crippen LogP contribution is -2.39. The third-order valence-corrected chi connectivity index (χ3v) is 6.41. The Balaban J connectivity index is 1.69. The molecule has 1 N–H and O–H groups in total. The van der Waals surface area contributed by atoms with Gasteiger partial charge in [0.1, 0.15) is 5.56 Å². The Morgan fingerprint density at radius 2 is 1.75 bits per heavy atom. The largest absolute Gasteiger partial charge is 0.421 e. The summed E-state index contributed by atoms with van der Waals surface area (Å²) in [6.07, 6.45) is 0.678. The van der Waals surface area contributed by atoms with Crippen LogP contribution in [0.5, 0.6) is 0 Å². The van der Waals surface area contributed by atoms with Crippen LogP contribution in [0.3, 0.4) is 0 Å². The van der Waals surface area contributed by atoms with Crippen molar-refractivity contribution in [2.45, 2.75) is 49.9 Å². The van der Waals surface area contributed by atoms with Crippen molar-refractivity contribution in [3.63, 3.8) is 0 Å². The van der Waals surface area contributed by atoms with Gasteiger partial charge in [-0.1, -0.05) is 30.3 Å². The highest BCUT2D eigenvalue weighted by atomic mass is 32.2. The third kappa shape index (κ3) is 6.66. The van der Waals surface area contributed by atoms with Gasteiger partial charge in [-0.2, -0.15) is 13.2 Å². The Morgan fingerprint density at radius 3 is 2.34 bits per heavy atom. The highest BCUT2D eigenvalue weighted by Gasteiger charge is 2.35. The fraction of sp³-hybridized carbons (Fsp3) is 0.500. The molecule has 1 aromatic carbocycles. The van der Waals surface area contributed by atoms with Gasteiger partial charge in [0.25, 0.3) is 5.56 Å². The Hall–Kier alpha value is -2.17. The van der Waals surface area contributed by atoms with Crippen LogP contribution in [-0.2, 0) is 20.9 Å². The van der Waals surface area contributed by atoms with Crippen molar-refractivity contribution in [1.82, 2.24) is 9.29 Å². The molecule has 1 aliphatic carbocycles. The van der Waals surface area contributed by atoms with Crippen LogP contribution >= 0.6 is 0 Å². The van der Waals surface area contributed by atoms with Gasteiger partial charge < -0.3 is 9.30 Å². The lowest BCUT2D eigenvalue weighted by Gasteiger charge is -2.30. The van der Waals surface area contributed by atoms with Gasteiger partial charge in [0, 0.05) is 12.7 Å². The summed E-state index contributed by atoms with van der Waals surface area (Å²) in [5.41, 5.74) is -1.25. The van der Waals surface area contributed by atoms with Crippen LogP contribution in [0.4, 0.5) is 13.2 Å². The number of hydrogen-bond donors (Lipinski definition) is 1. The van der Waals surface area contributed by atoms with Gasteiger partial charge in [0.15, 0.2) is 0 Å². The maximum atomic E-state index is 13.2. The summed E-state index contributed by atoms with van der Waals surface area (Å²) < 4.78 is 71.7. The monoisotopic (exact) mass is 472 g/mol. The molecule has 2 aromatic rings. The number of sulfonamides is 1. The van der Waals surface area contributed by atoms with Gasteiger partial charge in [-0.25, -0.2) is 13.1 Å². The van der Waals surface area contributed by atoms with Crippen molar-refractivity contribution in [3.8, 4) is 0 Å². The summed E-state index contributed by atoms with van der Waals surface area (Å²) in [6, 6.07) is 11.1. The second kappa shape index (κ2) is 10.2. The second-order valence-corrected chi connectivity index (χ2v) is 9.96. The predicted octanol–water partition coefficient (Wildman–Crippen LogP) is 3.70. The lowest BCUT2D eigenvalue weighted by molar-refractivity contribution is -0.139. The number of aromatic nitrogens is 1. The summed E-state index contributed by atoms with van der Waals surface area (Å²) in [7, 11) is -3.60. The maximum Gasteiger partial charge on any atom is 0.421 e. The molecule has 6 nitrogen and oxygen atoms in total. The molecule has 1 heterocycles. The smallest absolute Gasteiger partial charge is 0.376 e. The molecule has 0 amide bonds. The minimum absolute atomic E-state index is 0.0790. The molecule has 1 saturated carbocycles. The Labute approximate surface area is 185 Å². The molecule has 3 rings (SSSR count). The molecule has 1 aromatic heterocycles. The molecule has 1 fully saturated rings. The number of nitrogens with one attached hydrogen (secondary N) is 1. The van der Waals surface area contributed by atoms with E-state index in [1.54, 1.807) is 0 Å². The highest BCUT2D eigenvalue weighted by Crippen LogP contribution is 2.34. The molecule has 0 saturated heterocycles. The first-order chi connectivity index (χ1) is 15.0. The fourth-order valence-electron chi connectivity index (χ4n) is 4.03. The number of rotatable bonds is 8. The average Bonchev–Trinajstić information content (AvgIpc) is 2.74. The molecule has 1 unspecified atom stereocenters. The van der Waals surface area contributed by atoms with Gasteiger partial charge in [0.2, 0.25) is 10.0 Å². The molecule has 0 aliphatic heterocycles. The van der Waals surface area contributed by atoms with Gasteiger partial charge in [0.05, 0.1) is 25.0 Å². The summed E-state index contributed by atoms with van der Waals surface area (Å²) in [6.45, 7) is -0.330. The zero-order valence-electron chi connectivity index (χ0n) is 17.7. The first kappa shape index (κ1) is 24.5. The number of alkyl halides is 3. The Bertz CT molecular complexity index is 1050. The summed E-state index contributed by atoms with van der Waals surface area (Å²) >= 11 is 0.